The predicted octanol–water partition coefficient (Wildman–Crippen LogP) is 4.53. The zero-order chi connectivity index (χ0) is 21.6. The summed E-state index contributed by atoms with van der Waals surface area (Å²) in [5, 5.41) is 0. The molecule has 1 aliphatic rings. The molecule has 1 heterocycles. The van der Waals surface area contributed by atoms with Crippen molar-refractivity contribution in [2.75, 3.05) is 13.2 Å². The van der Waals surface area contributed by atoms with Crippen molar-refractivity contribution in [1.29, 1.82) is 0 Å². The first-order valence-corrected chi connectivity index (χ1v) is 11.1. The standard InChI is InChI=1S/C23H28FNO4S/c1-22(2,3)30(26)25-13-12-21(27-17-18-8-5-4-6-9-18)23(28-14-15-29-23)19-10-7-11-20(24)16-19/h4-11,13,16,21H,12,14-15,17H2,1-3H3. The minimum absolute atomic E-state index is 0.297. The molecule has 30 heavy (non-hydrogen) atoms. The van der Waals surface area contributed by atoms with Crippen LogP contribution in [0.15, 0.2) is 59.0 Å². The molecule has 0 radical (unpaired) electrons. The predicted molar refractivity (Wildman–Crippen MR) is 116 cm³/mol. The summed E-state index contributed by atoms with van der Waals surface area (Å²) in [6.45, 7) is 6.65. The Labute approximate surface area is 179 Å². The van der Waals surface area contributed by atoms with E-state index in [0.29, 0.717) is 31.8 Å². The van der Waals surface area contributed by atoms with E-state index in [2.05, 4.69) is 4.40 Å². The summed E-state index contributed by atoms with van der Waals surface area (Å²) in [5.41, 5.74) is 1.54. The van der Waals surface area contributed by atoms with Gasteiger partial charge in [0.2, 0.25) is 5.79 Å². The molecular formula is C23H28FNO4S. The number of halogens is 1. The average Bonchev–Trinajstić information content (AvgIpc) is 3.21. The maximum absolute atomic E-state index is 14.0. The molecule has 1 saturated heterocycles. The van der Waals surface area contributed by atoms with E-state index in [9.17, 15) is 8.60 Å². The number of rotatable bonds is 8. The van der Waals surface area contributed by atoms with E-state index >= 15 is 0 Å². The molecule has 0 aliphatic carbocycles. The fourth-order valence-corrected chi connectivity index (χ4v) is 3.68. The Balaban J connectivity index is 1.88. The van der Waals surface area contributed by atoms with E-state index in [4.69, 9.17) is 14.2 Å². The lowest BCUT2D eigenvalue weighted by Gasteiger charge is -2.35. The van der Waals surface area contributed by atoms with Gasteiger partial charge in [0, 0.05) is 18.2 Å². The molecule has 162 valence electrons. The molecule has 2 aromatic carbocycles. The quantitative estimate of drug-likeness (QED) is 0.574. The van der Waals surface area contributed by atoms with Gasteiger partial charge < -0.3 is 14.2 Å². The van der Waals surface area contributed by atoms with Crippen LogP contribution in [0.1, 0.15) is 38.3 Å². The topological polar surface area (TPSA) is 57.1 Å². The first kappa shape index (κ1) is 22.7. The van der Waals surface area contributed by atoms with Gasteiger partial charge in [-0.05, 0) is 38.5 Å². The van der Waals surface area contributed by atoms with Crippen molar-refractivity contribution in [2.45, 2.75) is 50.4 Å². The van der Waals surface area contributed by atoms with Crippen LogP contribution in [0.5, 0.6) is 0 Å². The second kappa shape index (κ2) is 9.92. The largest absolute Gasteiger partial charge is 0.367 e. The molecule has 0 saturated carbocycles. The summed E-state index contributed by atoms with van der Waals surface area (Å²) < 4.78 is 48.2. The lowest BCUT2D eigenvalue weighted by Crippen LogP contribution is -2.43. The fourth-order valence-electron chi connectivity index (χ4n) is 3.14. The van der Waals surface area contributed by atoms with Crippen molar-refractivity contribution in [1.82, 2.24) is 0 Å². The highest BCUT2D eigenvalue weighted by atomic mass is 32.2. The van der Waals surface area contributed by atoms with Crippen LogP contribution in [0.25, 0.3) is 0 Å². The lowest BCUT2D eigenvalue weighted by molar-refractivity contribution is -0.243. The van der Waals surface area contributed by atoms with Crippen LogP contribution in [0.4, 0.5) is 4.39 Å². The molecule has 1 fully saturated rings. The lowest BCUT2D eigenvalue weighted by atomic mass is 9.97. The monoisotopic (exact) mass is 433 g/mol. The summed E-state index contributed by atoms with van der Waals surface area (Å²) in [7, 11) is -1.38. The Bertz CT molecular complexity index is 876. The average molecular weight is 434 g/mol. The van der Waals surface area contributed by atoms with Crippen LogP contribution in [0, 0.1) is 5.82 Å². The molecule has 0 bridgehead atoms. The van der Waals surface area contributed by atoms with Gasteiger partial charge in [-0.2, -0.15) is 4.40 Å². The number of hydrogen-bond donors (Lipinski definition) is 0. The Morgan fingerprint density at radius 1 is 1.17 bits per heavy atom. The van der Waals surface area contributed by atoms with Gasteiger partial charge >= 0.3 is 0 Å². The van der Waals surface area contributed by atoms with Gasteiger partial charge in [0.15, 0.2) is 0 Å². The van der Waals surface area contributed by atoms with E-state index in [-0.39, 0.29) is 5.82 Å². The summed E-state index contributed by atoms with van der Waals surface area (Å²) in [6, 6.07) is 15.9. The van der Waals surface area contributed by atoms with E-state index in [0.717, 1.165) is 5.56 Å². The minimum atomic E-state index is -1.38. The molecule has 0 amide bonds. The molecule has 2 unspecified atom stereocenters. The number of hydrogen-bond acceptors (Lipinski definition) is 4. The van der Waals surface area contributed by atoms with Gasteiger partial charge in [-0.15, -0.1) is 0 Å². The Hall–Kier alpha value is -1.93. The third-order valence-electron chi connectivity index (χ3n) is 4.67. The van der Waals surface area contributed by atoms with Gasteiger partial charge in [-0.3, -0.25) is 0 Å². The Morgan fingerprint density at radius 3 is 2.50 bits per heavy atom. The zero-order valence-corrected chi connectivity index (χ0v) is 18.4. The molecule has 7 heteroatoms. The van der Waals surface area contributed by atoms with Crippen molar-refractivity contribution in [3.05, 3.63) is 71.5 Å². The fraction of sp³-hybridized carbons (Fsp3) is 0.435. The molecule has 0 N–H and O–H groups in total. The number of nitrogens with zero attached hydrogens (tertiary/aromatic N) is 1. The highest BCUT2D eigenvalue weighted by Gasteiger charge is 2.47. The van der Waals surface area contributed by atoms with Crippen LogP contribution in [0.2, 0.25) is 0 Å². The van der Waals surface area contributed by atoms with Crippen LogP contribution >= 0.6 is 0 Å². The zero-order valence-electron chi connectivity index (χ0n) is 17.5. The van der Waals surface area contributed by atoms with Gasteiger partial charge in [-0.1, -0.05) is 42.5 Å². The van der Waals surface area contributed by atoms with Crippen LogP contribution in [0.3, 0.4) is 0 Å². The normalized spacial score (nSPS) is 18.5. The van der Waals surface area contributed by atoms with Crippen LogP contribution in [-0.2, 0) is 37.6 Å². The molecule has 1 aliphatic heterocycles. The minimum Gasteiger partial charge on any atom is -0.367 e. The van der Waals surface area contributed by atoms with Crippen molar-refractivity contribution < 1.29 is 22.8 Å². The summed E-state index contributed by atoms with van der Waals surface area (Å²) in [4.78, 5) is 0. The summed E-state index contributed by atoms with van der Waals surface area (Å²) in [6.07, 6.45) is 1.27. The maximum atomic E-state index is 14.0. The summed E-state index contributed by atoms with van der Waals surface area (Å²) >= 11 is 0. The molecule has 3 rings (SSSR count). The van der Waals surface area contributed by atoms with Crippen molar-refractivity contribution in [3.8, 4) is 0 Å². The SMILES string of the molecule is CC(C)(C)S(=O)N=CCC(OCc1ccccc1)C1(c2cccc(F)c2)OCCO1. The first-order chi connectivity index (χ1) is 14.3. The van der Waals surface area contributed by atoms with Crippen molar-refractivity contribution >= 4 is 17.2 Å². The van der Waals surface area contributed by atoms with E-state index < -0.39 is 27.6 Å². The van der Waals surface area contributed by atoms with Crippen LogP contribution in [-0.4, -0.2) is 34.5 Å². The Morgan fingerprint density at radius 2 is 1.87 bits per heavy atom. The van der Waals surface area contributed by atoms with E-state index in [1.165, 1.54) is 12.1 Å². The van der Waals surface area contributed by atoms with Gasteiger partial charge in [0.25, 0.3) is 0 Å². The maximum Gasteiger partial charge on any atom is 0.222 e. The van der Waals surface area contributed by atoms with Gasteiger partial charge in [-0.25, -0.2) is 8.60 Å². The van der Waals surface area contributed by atoms with Crippen LogP contribution < -0.4 is 0 Å². The number of benzene rings is 2. The van der Waals surface area contributed by atoms with Gasteiger partial charge in [0.1, 0.15) is 22.9 Å². The Kier molecular flexibility index (Phi) is 7.52. The second-order valence-electron chi connectivity index (χ2n) is 8.05. The second-order valence-corrected chi connectivity index (χ2v) is 9.98. The smallest absolute Gasteiger partial charge is 0.222 e. The molecule has 0 spiro atoms. The molecule has 2 atom stereocenters. The van der Waals surface area contributed by atoms with Gasteiger partial charge in [0.05, 0.1) is 24.6 Å². The highest BCUT2D eigenvalue weighted by Crippen LogP contribution is 2.38. The molecular weight excluding hydrogens is 405 g/mol. The third kappa shape index (κ3) is 5.60. The molecule has 2 aromatic rings. The highest BCUT2D eigenvalue weighted by molar-refractivity contribution is 7.85. The summed E-state index contributed by atoms with van der Waals surface area (Å²) in [5.74, 6) is -1.64. The van der Waals surface area contributed by atoms with Crippen molar-refractivity contribution in [2.24, 2.45) is 4.40 Å². The first-order valence-electron chi connectivity index (χ1n) is 9.95. The van der Waals surface area contributed by atoms with E-state index in [1.54, 1.807) is 18.3 Å². The van der Waals surface area contributed by atoms with E-state index in [1.807, 2.05) is 51.1 Å². The molecule has 5 nitrogen and oxygen atoms in total. The van der Waals surface area contributed by atoms with Crippen molar-refractivity contribution in [3.63, 3.8) is 0 Å². The third-order valence-corrected chi connectivity index (χ3v) is 6.06. The number of ether oxygens (including phenoxy) is 3. The molecule has 0 aromatic heterocycles.